The highest BCUT2D eigenvalue weighted by atomic mass is 19.4. The van der Waals surface area contributed by atoms with Gasteiger partial charge in [-0.3, -0.25) is 4.68 Å². The SMILES string of the molecule is Cc1c(F)c(N)cc(-c2nc3c4c(nc(OCc5cnn(C)c5)nc4c2F)NCCNCCC(C)O3)c1C(F)(F)F. The lowest BCUT2D eigenvalue weighted by Gasteiger charge is -2.21. The van der Waals surface area contributed by atoms with Gasteiger partial charge in [0.25, 0.3) is 0 Å². The highest BCUT2D eigenvalue weighted by Gasteiger charge is 2.39. The molecule has 0 amide bonds. The third-order valence-corrected chi connectivity index (χ3v) is 6.56. The third kappa shape index (κ3) is 5.66. The molecule has 15 heteroatoms. The molecule has 0 fully saturated rings. The Morgan fingerprint density at radius 3 is 2.63 bits per heavy atom. The normalized spacial score (nSPS) is 16.1. The minimum atomic E-state index is -5.05. The maximum atomic E-state index is 16.3. The van der Waals surface area contributed by atoms with Gasteiger partial charge in [0.15, 0.2) is 5.82 Å². The lowest BCUT2D eigenvalue weighted by Crippen LogP contribution is -2.26. The summed E-state index contributed by atoms with van der Waals surface area (Å²) in [4.78, 5) is 12.8. The number of nitrogens with one attached hydrogen (secondary N) is 2. The number of alkyl halides is 3. The number of hydrogen-bond acceptors (Lipinski definition) is 9. The average Bonchev–Trinajstić information content (AvgIpc) is 3.31. The van der Waals surface area contributed by atoms with Crippen LogP contribution in [-0.2, 0) is 19.8 Å². The summed E-state index contributed by atoms with van der Waals surface area (Å²) in [5.41, 5.74) is 1.70. The molecule has 0 radical (unpaired) electrons. The molecule has 4 aromatic rings. The molecule has 4 N–H and O–H groups in total. The van der Waals surface area contributed by atoms with Gasteiger partial charge in [-0.1, -0.05) is 0 Å². The zero-order chi connectivity index (χ0) is 29.5. The summed E-state index contributed by atoms with van der Waals surface area (Å²) in [6, 6.07) is 0.473. The first-order valence-corrected chi connectivity index (χ1v) is 12.7. The summed E-state index contributed by atoms with van der Waals surface area (Å²) in [5.74, 6) is -2.54. The van der Waals surface area contributed by atoms with Crippen LogP contribution in [-0.4, -0.2) is 50.5 Å². The smallest absolute Gasteiger partial charge is 0.417 e. The molecule has 3 aromatic heterocycles. The number of rotatable bonds is 4. The number of pyridine rings is 1. The van der Waals surface area contributed by atoms with Gasteiger partial charge in [0.1, 0.15) is 34.8 Å². The number of nitrogens with two attached hydrogens (primary N) is 1. The molecular weight excluding hydrogens is 551 g/mol. The number of hydrogen-bond donors (Lipinski definition) is 3. The van der Waals surface area contributed by atoms with Crippen molar-refractivity contribution < 1.29 is 31.4 Å². The Hall–Kier alpha value is -4.27. The predicted octanol–water partition coefficient (Wildman–Crippen LogP) is 4.36. The Morgan fingerprint density at radius 1 is 1.15 bits per heavy atom. The number of nitrogens with zero attached hydrogens (tertiary/aromatic N) is 5. The van der Waals surface area contributed by atoms with E-state index in [1.54, 1.807) is 31.0 Å². The Labute approximate surface area is 231 Å². The van der Waals surface area contributed by atoms with Gasteiger partial charge in [-0.05, 0) is 38.4 Å². The van der Waals surface area contributed by atoms with Gasteiger partial charge in [0.05, 0.1) is 23.6 Å². The van der Waals surface area contributed by atoms with Crippen LogP contribution in [0.4, 0.5) is 33.5 Å². The van der Waals surface area contributed by atoms with Gasteiger partial charge >= 0.3 is 12.2 Å². The molecule has 1 aromatic carbocycles. The van der Waals surface area contributed by atoms with E-state index in [0.717, 1.165) is 6.92 Å². The minimum absolute atomic E-state index is 0.00773. The first-order valence-electron chi connectivity index (χ1n) is 12.7. The minimum Gasteiger partial charge on any atom is -0.474 e. The Kier molecular flexibility index (Phi) is 7.55. The summed E-state index contributed by atoms with van der Waals surface area (Å²) >= 11 is 0. The molecule has 1 aliphatic heterocycles. The quantitative estimate of drug-likeness (QED) is 0.239. The zero-order valence-corrected chi connectivity index (χ0v) is 22.4. The number of anilines is 2. The van der Waals surface area contributed by atoms with Crippen LogP contribution in [0.25, 0.3) is 22.2 Å². The Bertz CT molecular complexity index is 1610. The number of halogens is 5. The maximum Gasteiger partial charge on any atom is 0.417 e. The molecule has 5 rings (SSSR count). The van der Waals surface area contributed by atoms with E-state index in [9.17, 15) is 17.6 Å². The molecule has 1 unspecified atom stereocenters. The fourth-order valence-electron chi connectivity index (χ4n) is 4.59. The van der Waals surface area contributed by atoms with Crippen molar-refractivity contribution in [2.75, 3.05) is 30.7 Å². The second-order valence-corrected chi connectivity index (χ2v) is 9.69. The average molecular weight is 579 g/mol. The number of ether oxygens (including phenoxy) is 2. The van der Waals surface area contributed by atoms with Crippen molar-refractivity contribution >= 4 is 22.4 Å². The first kappa shape index (κ1) is 28.3. The highest BCUT2D eigenvalue weighted by Crippen LogP contribution is 2.44. The second-order valence-electron chi connectivity index (χ2n) is 9.69. The predicted molar refractivity (Wildman–Crippen MR) is 140 cm³/mol. The van der Waals surface area contributed by atoms with Crippen molar-refractivity contribution in [3.63, 3.8) is 0 Å². The molecule has 0 aliphatic carbocycles. The van der Waals surface area contributed by atoms with Crippen LogP contribution in [0.5, 0.6) is 11.9 Å². The van der Waals surface area contributed by atoms with E-state index in [1.165, 1.54) is 0 Å². The molecule has 1 aliphatic rings. The molecule has 0 saturated carbocycles. The van der Waals surface area contributed by atoms with Gasteiger partial charge in [-0.2, -0.15) is 28.2 Å². The van der Waals surface area contributed by atoms with Crippen molar-refractivity contribution in [3.8, 4) is 23.1 Å². The van der Waals surface area contributed by atoms with E-state index in [0.29, 0.717) is 37.7 Å². The van der Waals surface area contributed by atoms with E-state index in [-0.39, 0.29) is 29.7 Å². The van der Waals surface area contributed by atoms with Crippen molar-refractivity contribution in [2.24, 2.45) is 7.05 Å². The maximum absolute atomic E-state index is 16.3. The van der Waals surface area contributed by atoms with Crippen LogP contribution in [0.15, 0.2) is 18.5 Å². The first-order chi connectivity index (χ1) is 19.4. The van der Waals surface area contributed by atoms with Crippen LogP contribution in [0.3, 0.4) is 0 Å². The molecule has 4 heterocycles. The molecule has 218 valence electrons. The molecule has 10 nitrogen and oxygen atoms in total. The van der Waals surface area contributed by atoms with E-state index >= 15 is 4.39 Å². The lowest BCUT2D eigenvalue weighted by molar-refractivity contribution is -0.137. The summed E-state index contributed by atoms with van der Waals surface area (Å²) in [7, 11) is 1.73. The fourth-order valence-corrected chi connectivity index (χ4v) is 4.59. The van der Waals surface area contributed by atoms with E-state index in [2.05, 4.69) is 30.7 Å². The number of aryl methyl sites for hydroxylation is 1. The van der Waals surface area contributed by atoms with E-state index in [4.69, 9.17) is 15.2 Å². The summed E-state index contributed by atoms with van der Waals surface area (Å²) in [6.07, 6.45) is -1.72. The monoisotopic (exact) mass is 578 g/mol. The zero-order valence-electron chi connectivity index (χ0n) is 22.4. The highest BCUT2D eigenvalue weighted by molar-refractivity contribution is 5.96. The van der Waals surface area contributed by atoms with E-state index in [1.807, 2.05) is 0 Å². The Morgan fingerprint density at radius 2 is 1.93 bits per heavy atom. The fraction of sp³-hybridized carbons (Fsp3) is 0.385. The molecule has 1 atom stereocenters. The van der Waals surface area contributed by atoms with Crippen molar-refractivity contribution in [2.45, 2.75) is 39.2 Å². The topological polar surface area (TPSA) is 125 Å². The molecular formula is C26H27F5N8O2. The van der Waals surface area contributed by atoms with Gasteiger partial charge in [0, 0.05) is 37.5 Å². The summed E-state index contributed by atoms with van der Waals surface area (Å²) < 4.78 is 86.8. The van der Waals surface area contributed by atoms with Crippen molar-refractivity contribution in [3.05, 3.63) is 46.8 Å². The van der Waals surface area contributed by atoms with Crippen LogP contribution in [0.1, 0.15) is 30.0 Å². The number of nitrogen functional groups attached to an aromatic ring is 1. The van der Waals surface area contributed by atoms with Gasteiger partial charge in [-0.25, -0.2) is 13.8 Å². The molecule has 41 heavy (non-hydrogen) atoms. The van der Waals surface area contributed by atoms with Crippen LogP contribution < -0.4 is 25.8 Å². The molecule has 0 saturated heterocycles. The van der Waals surface area contributed by atoms with Crippen LogP contribution in [0.2, 0.25) is 0 Å². The van der Waals surface area contributed by atoms with Crippen molar-refractivity contribution in [1.82, 2.24) is 30.0 Å². The van der Waals surface area contributed by atoms with Crippen LogP contribution in [0, 0.1) is 18.6 Å². The number of benzene rings is 1. The van der Waals surface area contributed by atoms with E-state index < -0.39 is 57.5 Å². The van der Waals surface area contributed by atoms with Gasteiger partial charge in [0.2, 0.25) is 5.88 Å². The third-order valence-electron chi connectivity index (χ3n) is 6.56. The summed E-state index contributed by atoms with van der Waals surface area (Å²) in [6.45, 7) is 4.15. The van der Waals surface area contributed by atoms with Gasteiger partial charge in [-0.15, -0.1) is 0 Å². The molecule has 0 spiro atoms. The Balaban J connectivity index is 1.77. The largest absolute Gasteiger partial charge is 0.474 e. The summed E-state index contributed by atoms with van der Waals surface area (Å²) in [5, 5.41) is 10.4. The molecule has 0 bridgehead atoms. The second kappa shape index (κ2) is 11.0. The van der Waals surface area contributed by atoms with Gasteiger partial charge < -0.3 is 25.8 Å². The van der Waals surface area contributed by atoms with Crippen molar-refractivity contribution in [1.29, 1.82) is 0 Å². The van der Waals surface area contributed by atoms with Crippen LogP contribution >= 0.6 is 0 Å². The standard InChI is InChI=1S/C26H27F5N8O2/c1-12-4-5-33-6-7-34-23-17-22(37-25(38-23)40-11-14-9-35-39(3)10-14)20(28)21(36-24(17)41-12)15-8-16(32)19(27)13(2)18(15)26(29,30)31/h8-10,12,33H,4-7,11,32H2,1-3H3,(H,34,37,38). The number of aromatic nitrogens is 5. The lowest BCUT2D eigenvalue weighted by atomic mass is 9.96.